The molecule has 4 rings (SSSR count). The summed E-state index contributed by atoms with van der Waals surface area (Å²) in [6.45, 7) is 7.40. The SMILES string of the molecule is CC[C@@H]1CC2=CC(=O)CC[C@@H]2[C@H]2CC[C@]3(CC)[C@@H](C)CC[C@H]3[C@H]12. The summed E-state index contributed by atoms with van der Waals surface area (Å²) >= 11 is 0. The van der Waals surface area contributed by atoms with Gasteiger partial charge in [-0.3, -0.25) is 4.79 Å². The minimum atomic E-state index is 0.401. The minimum absolute atomic E-state index is 0.401. The Morgan fingerprint density at radius 1 is 1.17 bits per heavy atom. The van der Waals surface area contributed by atoms with Gasteiger partial charge in [-0.05, 0) is 91.9 Å². The smallest absolute Gasteiger partial charge is 0.155 e. The van der Waals surface area contributed by atoms with E-state index in [9.17, 15) is 4.79 Å². The van der Waals surface area contributed by atoms with Crippen LogP contribution >= 0.6 is 0 Å². The predicted octanol–water partition coefficient (Wildman–Crippen LogP) is 5.79. The van der Waals surface area contributed by atoms with Crippen LogP contribution in [-0.4, -0.2) is 5.78 Å². The molecule has 0 saturated heterocycles. The largest absolute Gasteiger partial charge is 0.295 e. The lowest BCUT2D eigenvalue weighted by molar-refractivity contribution is -0.116. The van der Waals surface area contributed by atoms with Gasteiger partial charge in [0.1, 0.15) is 0 Å². The molecule has 3 saturated carbocycles. The Labute approximate surface area is 142 Å². The number of allylic oxidation sites excluding steroid dienone is 1. The molecule has 0 aromatic carbocycles. The van der Waals surface area contributed by atoms with Crippen LogP contribution in [-0.2, 0) is 4.79 Å². The van der Waals surface area contributed by atoms with Crippen molar-refractivity contribution >= 4 is 5.78 Å². The van der Waals surface area contributed by atoms with Crippen molar-refractivity contribution in [3.05, 3.63) is 11.6 Å². The molecule has 4 aliphatic carbocycles. The lowest BCUT2D eigenvalue weighted by Crippen LogP contribution is -2.50. The molecule has 0 aliphatic heterocycles. The van der Waals surface area contributed by atoms with Crippen molar-refractivity contribution in [1.29, 1.82) is 0 Å². The number of carbonyl (C=O) groups excluding carboxylic acids is 1. The van der Waals surface area contributed by atoms with Crippen molar-refractivity contribution < 1.29 is 4.79 Å². The number of hydrogen-bond acceptors (Lipinski definition) is 1. The zero-order valence-electron chi connectivity index (χ0n) is 15.3. The molecule has 0 unspecified atom stereocenters. The van der Waals surface area contributed by atoms with E-state index in [4.69, 9.17) is 0 Å². The second kappa shape index (κ2) is 5.74. The summed E-state index contributed by atoms with van der Waals surface area (Å²) in [5.74, 6) is 5.75. The molecule has 0 heterocycles. The molecule has 7 atom stereocenters. The van der Waals surface area contributed by atoms with E-state index >= 15 is 0 Å². The predicted molar refractivity (Wildman–Crippen MR) is 95.0 cm³/mol. The standard InChI is InChI=1S/C22H34O/c1-4-15-12-16-13-17(23)7-8-18(16)19-10-11-22(5-2)14(3)6-9-20(22)21(15)19/h13-15,18-21H,4-12H2,1-3H3/t14-,15+,18-,19+,20-,21+,22+/m0/s1. The Morgan fingerprint density at radius 2 is 2.00 bits per heavy atom. The van der Waals surface area contributed by atoms with Gasteiger partial charge in [-0.2, -0.15) is 0 Å². The molecule has 23 heavy (non-hydrogen) atoms. The zero-order valence-corrected chi connectivity index (χ0v) is 15.3. The van der Waals surface area contributed by atoms with Crippen LogP contribution in [0.4, 0.5) is 0 Å². The molecular weight excluding hydrogens is 280 g/mol. The second-order valence-corrected chi connectivity index (χ2v) is 9.15. The van der Waals surface area contributed by atoms with Gasteiger partial charge in [-0.1, -0.05) is 32.8 Å². The van der Waals surface area contributed by atoms with Crippen LogP contribution in [0.3, 0.4) is 0 Å². The fourth-order valence-corrected chi connectivity index (χ4v) is 7.66. The minimum Gasteiger partial charge on any atom is -0.295 e. The highest BCUT2D eigenvalue weighted by atomic mass is 16.1. The van der Waals surface area contributed by atoms with Crippen LogP contribution in [0.1, 0.15) is 78.6 Å². The molecule has 1 heteroatoms. The average Bonchev–Trinajstić information content (AvgIpc) is 2.90. The first kappa shape index (κ1) is 15.9. The summed E-state index contributed by atoms with van der Waals surface area (Å²) in [7, 11) is 0. The summed E-state index contributed by atoms with van der Waals surface area (Å²) < 4.78 is 0. The topological polar surface area (TPSA) is 17.1 Å². The molecule has 0 aromatic heterocycles. The number of hydrogen-bond donors (Lipinski definition) is 0. The summed E-state index contributed by atoms with van der Waals surface area (Å²) in [5, 5.41) is 0. The van der Waals surface area contributed by atoms with Gasteiger partial charge < -0.3 is 0 Å². The summed E-state index contributed by atoms with van der Waals surface area (Å²) in [5.41, 5.74) is 2.20. The Bertz CT molecular complexity index is 518. The number of rotatable bonds is 2. The summed E-state index contributed by atoms with van der Waals surface area (Å²) in [6.07, 6.45) is 13.8. The highest BCUT2D eigenvalue weighted by Gasteiger charge is 2.58. The molecular formula is C22H34O. The van der Waals surface area contributed by atoms with E-state index in [1.165, 1.54) is 44.9 Å². The van der Waals surface area contributed by atoms with Crippen molar-refractivity contribution in [1.82, 2.24) is 0 Å². The monoisotopic (exact) mass is 314 g/mol. The van der Waals surface area contributed by atoms with Crippen LogP contribution in [0.15, 0.2) is 11.6 Å². The van der Waals surface area contributed by atoms with Crippen LogP contribution < -0.4 is 0 Å². The molecule has 3 fully saturated rings. The van der Waals surface area contributed by atoms with E-state index in [1.54, 1.807) is 5.57 Å². The summed E-state index contributed by atoms with van der Waals surface area (Å²) in [6, 6.07) is 0. The molecule has 0 spiro atoms. The van der Waals surface area contributed by atoms with E-state index in [-0.39, 0.29) is 0 Å². The van der Waals surface area contributed by atoms with E-state index in [0.29, 0.717) is 11.2 Å². The fourth-order valence-electron chi connectivity index (χ4n) is 7.66. The van der Waals surface area contributed by atoms with E-state index in [1.807, 2.05) is 0 Å². The average molecular weight is 315 g/mol. The van der Waals surface area contributed by atoms with Gasteiger partial charge in [0.15, 0.2) is 5.78 Å². The quantitative estimate of drug-likeness (QED) is 0.630. The van der Waals surface area contributed by atoms with Crippen molar-refractivity contribution in [2.24, 2.45) is 40.9 Å². The maximum atomic E-state index is 11.9. The first-order valence-electron chi connectivity index (χ1n) is 10.3. The van der Waals surface area contributed by atoms with E-state index in [0.717, 1.165) is 48.3 Å². The van der Waals surface area contributed by atoms with Gasteiger partial charge in [0.05, 0.1) is 0 Å². The molecule has 0 aromatic rings. The number of fused-ring (bicyclic) bond motifs is 5. The van der Waals surface area contributed by atoms with Gasteiger partial charge in [0, 0.05) is 6.42 Å². The highest BCUT2D eigenvalue weighted by Crippen LogP contribution is 2.66. The molecule has 128 valence electrons. The molecule has 1 nitrogen and oxygen atoms in total. The third-order valence-corrected chi connectivity index (χ3v) is 8.80. The van der Waals surface area contributed by atoms with Crippen molar-refractivity contribution in [3.8, 4) is 0 Å². The maximum Gasteiger partial charge on any atom is 0.155 e. The van der Waals surface area contributed by atoms with Crippen molar-refractivity contribution in [3.63, 3.8) is 0 Å². The first-order valence-corrected chi connectivity index (χ1v) is 10.3. The van der Waals surface area contributed by atoms with Gasteiger partial charge in [-0.25, -0.2) is 0 Å². The van der Waals surface area contributed by atoms with E-state index in [2.05, 4.69) is 26.8 Å². The third kappa shape index (κ3) is 2.21. The molecule has 0 amide bonds. The lowest BCUT2D eigenvalue weighted by Gasteiger charge is -2.57. The second-order valence-electron chi connectivity index (χ2n) is 9.15. The van der Waals surface area contributed by atoms with Crippen LogP contribution in [0.5, 0.6) is 0 Å². The van der Waals surface area contributed by atoms with Gasteiger partial charge in [0.25, 0.3) is 0 Å². The fraction of sp³-hybridized carbons (Fsp3) is 0.864. The number of ketones is 1. The normalized spacial score (nSPS) is 49.2. The van der Waals surface area contributed by atoms with Gasteiger partial charge in [-0.15, -0.1) is 0 Å². The first-order chi connectivity index (χ1) is 11.1. The maximum absolute atomic E-state index is 11.9. The van der Waals surface area contributed by atoms with Crippen LogP contribution in [0.25, 0.3) is 0 Å². The Kier molecular flexibility index (Phi) is 3.97. The Hall–Kier alpha value is -0.590. The van der Waals surface area contributed by atoms with E-state index < -0.39 is 0 Å². The van der Waals surface area contributed by atoms with Gasteiger partial charge in [0.2, 0.25) is 0 Å². The lowest BCUT2D eigenvalue weighted by atomic mass is 9.47. The third-order valence-electron chi connectivity index (χ3n) is 8.80. The highest BCUT2D eigenvalue weighted by molar-refractivity contribution is 5.91. The van der Waals surface area contributed by atoms with Crippen molar-refractivity contribution in [2.75, 3.05) is 0 Å². The zero-order chi connectivity index (χ0) is 16.2. The number of carbonyl (C=O) groups is 1. The molecule has 0 N–H and O–H groups in total. The van der Waals surface area contributed by atoms with Crippen molar-refractivity contribution in [2.45, 2.75) is 78.6 Å². The van der Waals surface area contributed by atoms with Crippen LogP contribution in [0, 0.1) is 40.9 Å². The summed E-state index contributed by atoms with van der Waals surface area (Å²) in [4.78, 5) is 11.9. The molecule has 0 radical (unpaired) electrons. The Morgan fingerprint density at radius 3 is 2.74 bits per heavy atom. The van der Waals surface area contributed by atoms with Gasteiger partial charge >= 0.3 is 0 Å². The molecule has 0 bridgehead atoms. The molecule has 4 aliphatic rings. The Balaban J connectivity index is 1.70. The van der Waals surface area contributed by atoms with Crippen LogP contribution in [0.2, 0.25) is 0 Å².